The van der Waals surface area contributed by atoms with Crippen LogP contribution in [-0.2, 0) is 11.2 Å². The van der Waals surface area contributed by atoms with Crippen LogP contribution < -0.4 is 5.73 Å². The molecule has 0 aliphatic heterocycles. The maximum Gasteiger partial charge on any atom is 0.320 e. The minimum Gasteiger partial charge on any atom is -0.480 e. The van der Waals surface area contributed by atoms with E-state index in [2.05, 4.69) is 9.97 Å². The molecule has 11 heavy (non-hydrogen) atoms. The molecule has 0 amide bonds. The van der Waals surface area contributed by atoms with Gasteiger partial charge in [0.2, 0.25) is 0 Å². The number of aromatic nitrogens is 2. The number of hydrogen-bond acceptors (Lipinski definition) is 3. The van der Waals surface area contributed by atoms with Gasteiger partial charge < -0.3 is 15.8 Å². The van der Waals surface area contributed by atoms with Gasteiger partial charge in [0.25, 0.3) is 0 Å². The fourth-order valence-electron chi connectivity index (χ4n) is 0.616. The molecule has 0 aliphatic rings. The number of imidazole rings is 1. The highest BCUT2D eigenvalue weighted by Crippen LogP contribution is 1.95. The van der Waals surface area contributed by atoms with Crippen molar-refractivity contribution in [2.24, 2.45) is 5.73 Å². The summed E-state index contributed by atoms with van der Waals surface area (Å²) in [5.74, 6) is -1.14. The lowest BCUT2D eigenvalue weighted by Crippen LogP contribution is -2.32. The van der Waals surface area contributed by atoms with Crippen LogP contribution in [0.2, 0.25) is 0 Å². The Bertz CT molecular complexity index is 326. The number of H-pyrrole nitrogens is 1. The third-order valence-corrected chi connectivity index (χ3v) is 1.18. The SMILES string of the molecule is [3H]c1nc(C[C@H](N)C(=O)O)c([3H])[nH]1. The van der Waals surface area contributed by atoms with Crippen molar-refractivity contribution in [2.45, 2.75) is 12.5 Å². The lowest BCUT2D eigenvalue weighted by atomic mass is 10.2. The number of carbonyl (C=O) groups is 1. The summed E-state index contributed by atoms with van der Waals surface area (Å²) in [5.41, 5.74) is 5.44. The Balaban J connectivity index is 2.74. The van der Waals surface area contributed by atoms with E-state index in [1.165, 1.54) is 0 Å². The first kappa shape index (κ1) is 5.31. The highest BCUT2D eigenvalue weighted by atomic mass is 16.4. The van der Waals surface area contributed by atoms with Gasteiger partial charge in [0, 0.05) is 12.6 Å². The van der Waals surface area contributed by atoms with Crippen molar-refractivity contribution in [2.75, 3.05) is 0 Å². The maximum atomic E-state index is 10.4. The van der Waals surface area contributed by atoms with Crippen molar-refractivity contribution in [1.82, 2.24) is 9.97 Å². The molecule has 1 aromatic rings. The molecule has 0 bridgehead atoms. The Morgan fingerprint density at radius 1 is 2.09 bits per heavy atom. The summed E-state index contributed by atoms with van der Waals surface area (Å²) in [5, 5.41) is 8.47. The number of aliphatic carboxylic acids is 1. The van der Waals surface area contributed by atoms with E-state index >= 15 is 0 Å². The van der Waals surface area contributed by atoms with Gasteiger partial charge in [0.15, 0.2) is 0 Å². The van der Waals surface area contributed by atoms with Gasteiger partial charge in [-0.15, -0.1) is 0 Å². The first-order chi connectivity index (χ1) is 6.00. The van der Waals surface area contributed by atoms with Gasteiger partial charge >= 0.3 is 5.97 Å². The molecule has 1 rings (SSSR count). The topological polar surface area (TPSA) is 92.0 Å². The monoisotopic (exact) mass is 159 g/mol. The molecule has 1 aromatic heterocycles. The Hall–Kier alpha value is -1.36. The number of nitrogens with zero attached hydrogens (tertiary/aromatic N) is 1. The Morgan fingerprint density at radius 2 is 2.82 bits per heavy atom. The Kier molecular flexibility index (Phi) is 1.52. The van der Waals surface area contributed by atoms with Crippen LogP contribution in [0.15, 0.2) is 12.5 Å². The fraction of sp³-hybridized carbons (Fsp3) is 0.333. The van der Waals surface area contributed by atoms with E-state index in [0.717, 1.165) is 0 Å². The molecule has 0 radical (unpaired) electrons. The largest absolute Gasteiger partial charge is 0.480 e. The van der Waals surface area contributed by atoms with Crippen LogP contribution in [0.1, 0.15) is 8.44 Å². The van der Waals surface area contributed by atoms with Crippen LogP contribution in [-0.4, -0.2) is 27.1 Å². The number of nitrogens with one attached hydrogen (secondary N) is 1. The van der Waals surface area contributed by atoms with Gasteiger partial charge in [-0.1, -0.05) is 0 Å². The van der Waals surface area contributed by atoms with E-state index in [0.29, 0.717) is 0 Å². The van der Waals surface area contributed by atoms with Crippen LogP contribution >= 0.6 is 0 Å². The second-order valence-corrected chi connectivity index (χ2v) is 2.07. The zero-order valence-corrected chi connectivity index (χ0v) is 5.66. The van der Waals surface area contributed by atoms with E-state index in [4.69, 9.17) is 13.6 Å². The molecule has 0 aromatic carbocycles. The Labute approximate surface area is 66.1 Å². The molecule has 5 heteroatoms. The van der Waals surface area contributed by atoms with Crippen LogP contribution in [0.25, 0.3) is 0 Å². The van der Waals surface area contributed by atoms with Crippen LogP contribution in [0, 0.1) is 0 Å². The molecule has 0 unspecified atom stereocenters. The fourth-order valence-corrected chi connectivity index (χ4v) is 0.616. The third kappa shape index (κ3) is 2.05. The predicted octanol–water partition coefficient (Wildman–Crippen LogP) is -0.636. The molecule has 1 heterocycles. The molecule has 0 aliphatic carbocycles. The maximum absolute atomic E-state index is 10.4. The number of carboxylic acid groups (broad SMARTS) is 1. The van der Waals surface area contributed by atoms with Crippen LogP contribution in [0.5, 0.6) is 0 Å². The van der Waals surface area contributed by atoms with Crippen molar-refractivity contribution >= 4 is 5.97 Å². The predicted molar refractivity (Wildman–Crippen MR) is 37.9 cm³/mol. The summed E-state index contributed by atoms with van der Waals surface area (Å²) in [6.45, 7) is 0. The van der Waals surface area contributed by atoms with Crippen LogP contribution in [0.3, 0.4) is 0 Å². The molecule has 1 atom stereocenters. The van der Waals surface area contributed by atoms with Crippen molar-refractivity contribution in [1.29, 1.82) is 0 Å². The molecule has 0 saturated carbocycles. The highest BCUT2D eigenvalue weighted by molar-refractivity contribution is 5.73. The third-order valence-electron chi connectivity index (χ3n) is 1.18. The lowest BCUT2D eigenvalue weighted by molar-refractivity contribution is -0.138. The average molecular weight is 159 g/mol. The first-order valence-corrected chi connectivity index (χ1v) is 3.01. The molecular weight excluding hydrogens is 146 g/mol. The van der Waals surface area contributed by atoms with Gasteiger partial charge in [-0.3, -0.25) is 4.79 Å². The molecule has 0 fully saturated rings. The quantitative estimate of drug-likeness (QED) is 0.547. The second kappa shape index (κ2) is 3.16. The lowest BCUT2D eigenvalue weighted by Gasteiger charge is -2.01. The smallest absolute Gasteiger partial charge is 0.320 e. The highest BCUT2D eigenvalue weighted by Gasteiger charge is 2.12. The standard InChI is InChI=1S/C6H9N3O2/c7-5(6(10)11)1-4-2-8-3-9-4/h2-3,5H,1,7H2,(H,8,9)(H,10,11)/t5-/m0/s1/i2T,3T. The average Bonchev–Trinajstić information content (AvgIpc) is 2.30. The van der Waals surface area contributed by atoms with Gasteiger partial charge in [-0.25, -0.2) is 4.98 Å². The summed E-state index contributed by atoms with van der Waals surface area (Å²) in [4.78, 5) is 16.3. The number of aromatic amines is 1. The summed E-state index contributed by atoms with van der Waals surface area (Å²) in [6.07, 6.45) is -0.247. The minimum atomic E-state index is -1.14. The van der Waals surface area contributed by atoms with Gasteiger partial charge in [0.1, 0.15) is 7.41 Å². The molecule has 60 valence electrons. The van der Waals surface area contributed by atoms with Crippen molar-refractivity contribution in [3.63, 3.8) is 0 Å². The second-order valence-electron chi connectivity index (χ2n) is 2.07. The summed E-state index contributed by atoms with van der Waals surface area (Å²) < 4.78 is 14.3. The number of carboxylic acids is 1. The van der Waals surface area contributed by atoms with E-state index in [9.17, 15) is 4.79 Å². The number of rotatable bonds is 3. The summed E-state index contributed by atoms with van der Waals surface area (Å²) in [6, 6.07) is -1.08. The number of hydrogen-bond donors (Lipinski definition) is 3. The molecule has 0 saturated heterocycles. The van der Waals surface area contributed by atoms with Gasteiger partial charge in [0.05, 0.1) is 13.4 Å². The van der Waals surface area contributed by atoms with E-state index in [-0.39, 0.29) is 24.6 Å². The molecule has 4 N–H and O–H groups in total. The van der Waals surface area contributed by atoms with Crippen molar-refractivity contribution < 1.29 is 12.6 Å². The van der Waals surface area contributed by atoms with E-state index < -0.39 is 12.0 Å². The minimum absolute atomic E-state index is 0.0381. The van der Waals surface area contributed by atoms with Crippen molar-refractivity contribution in [3.8, 4) is 0 Å². The first-order valence-electron chi connectivity index (χ1n) is 4.01. The summed E-state index contributed by atoms with van der Waals surface area (Å²) >= 11 is 0. The molecule has 5 nitrogen and oxygen atoms in total. The molecular formula is C6H9N3O2. The Morgan fingerprint density at radius 3 is 3.27 bits per heavy atom. The zero-order chi connectivity index (χ0) is 10.0. The normalized spacial score (nSPS) is 15.4. The molecule has 0 spiro atoms. The summed E-state index contributed by atoms with van der Waals surface area (Å²) in [7, 11) is 0. The van der Waals surface area contributed by atoms with Gasteiger partial charge in [-0.2, -0.15) is 0 Å². The zero-order valence-electron chi connectivity index (χ0n) is 7.66. The van der Waals surface area contributed by atoms with Crippen molar-refractivity contribution in [3.05, 3.63) is 18.2 Å². The van der Waals surface area contributed by atoms with Gasteiger partial charge in [-0.05, 0) is 0 Å². The number of nitrogens with two attached hydrogens (primary N) is 1. The van der Waals surface area contributed by atoms with E-state index in [1.54, 1.807) is 0 Å². The van der Waals surface area contributed by atoms with Crippen LogP contribution in [0.4, 0.5) is 0 Å². The van der Waals surface area contributed by atoms with E-state index in [1.807, 2.05) is 0 Å².